The number of esters is 3. The van der Waals surface area contributed by atoms with Gasteiger partial charge in [0.05, 0.1) is 12.7 Å². The van der Waals surface area contributed by atoms with E-state index in [0.717, 1.165) is 57.8 Å². The second-order valence-electron chi connectivity index (χ2n) is 19.1. The molecule has 0 aromatic rings. The van der Waals surface area contributed by atoms with E-state index < -0.39 is 53.8 Å². The van der Waals surface area contributed by atoms with Crippen LogP contribution < -0.4 is 0 Å². The molecule has 5 unspecified atom stereocenters. The number of carbonyl (C=O) groups excluding carboxylic acids is 4. The number of Topliss-reactive ketones (excluding diaryl/α,β-unsaturated/α-hetero) is 1. The summed E-state index contributed by atoms with van der Waals surface area (Å²) in [7, 11) is 0. The summed E-state index contributed by atoms with van der Waals surface area (Å²) in [5.74, 6) is -0.458. The summed E-state index contributed by atoms with van der Waals surface area (Å²) in [6, 6.07) is 0. The zero-order valence-electron chi connectivity index (χ0n) is 32.2. The SMILES string of the molecule is CC(=O)OC1[C@H](C(O)[C@]23CCC(C)(C)CC2C2=CCC4[C@@]5(C)CCC(=O)C(C)(C)C5CC[C@@]4(C)[C@]2(C)CC3)OC[C@@H](OC(C)=O)[C@@H]1OC(C)=O. The van der Waals surface area contributed by atoms with E-state index in [9.17, 15) is 24.3 Å². The fourth-order valence-electron chi connectivity index (χ4n) is 13.0. The Morgan fingerprint density at radius 1 is 0.820 bits per heavy atom. The van der Waals surface area contributed by atoms with Crippen molar-refractivity contribution in [3.8, 4) is 0 Å². The van der Waals surface area contributed by atoms with Crippen LogP contribution >= 0.6 is 0 Å². The van der Waals surface area contributed by atoms with Crippen molar-refractivity contribution in [1.82, 2.24) is 0 Å². The van der Waals surface area contributed by atoms with Crippen LogP contribution in [0.4, 0.5) is 0 Å². The van der Waals surface area contributed by atoms with Gasteiger partial charge in [-0.1, -0.05) is 60.1 Å². The molecule has 1 saturated heterocycles. The number of hydrogen-bond donors (Lipinski definition) is 1. The molecule has 0 bridgehead atoms. The van der Waals surface area contributed by atoms with Crippen LogP contribution in [0.15, 0.2) is 11.6 Å². The van der Waals surface area contributed by atoms with Gasteiger partial charge in [0, 0.05) is 38.0 Å². The highest BCUT2D eigenvalue weighted by Crippen LogP contribution is 2.76. The average molecular weight is 699 g/mol. The maximum atomic E-state index is 13.2. The topological polar surface area (TPSA) is 125 Å². The van der Waals surface area contributed by atoms with Gasteiger partial charge in [-0.05, 0) is 97.2 Å². The Morgan fingerprint density at radius 3 is 2.08 bits per heavy atom. The number of ether oxygens (including phenoxy) is 4. The number of carbonyl (C=O) groups is 4. The highest BCUT2D eigenvalue weighted by atomic mass is 16.6. The molecule has 50 heavy (non-hydrogen) atoms. The molecule has 0 radical (unpaired) electrons. The van der Waals surface area contributed by atoms with Crippen molar-refractivity contribution in [3.05, 3.63) is 11.6 Å². The van der Waals surface area contributed by atoms with Gasteiger partial charge < -0.3 is 24.1 Å². The second-order valence-corrected chi connectivity index (χ2v) is 19.1. The fraction of sp³-hybridized carbons (Fsp3) is 0.854. The number of rotatable bonds is 5. The molecular formula is C41H62O9. The molecule has 12 atom stereocenters. The predicted octanol–water partition coefficient (Wildman–Crippen LogP) is 6.91. The maximum Gasteiger partial charge on any atom is 0.303 e. The normalized spacial score (nSPS) is 45.3. The van der Waals surface area contributed by atoms with Crippen molar-refractivity contribution < 1.29 is 43.2 Å². The van der Waals surface area contributed by atoms with Gasteiger partial charge in [0.15, 0.2) is 18.3 Å². The minimum atomic E-state index is -1.16. The standard InChI is InChI=1S/C41H62O9/c1-23(42)48-28-22-47-34(33(50-25(3)44)32(28)49-24(2)43)35(46)41-19-17-36(4,5)21-27(41)26-11-12-30-38(8)15-14-31(45)37(6,7)29(38)13-16-40(30,10)39(26,9)18-20-41/h11,27-30,32-35,46H,12-22H2,1-10H3/t27?,28-,29?,30?,32+,33?,34-,35?,38+,39-,40-,41+/m1/s1. The highest BCUT2D eigenvalue weighted by Gasteiger charge is 2.70. The molecule has 0 aromatic heterocycles. The summed E-state index contributed by atoms with van der Waals surface area (Å²) in [6.07, 6.45) is 6.32. The number of ketones is 1. The Morgan fingerprint density at radius 2 is 1.44 bits per heavy atom. The first-order valence-corrected chi connectivity index (χ1v) is 19.2. The maximum absolute atomic E-state index is 13.2. The van der Waals surface area contributed by atoms with Crippen LogP contribution in [0.25, 0.3) is 0 Å². The third-order valence-corrected chi connectivity index (χ3v) is 15.7. The summed E-state index contributed by atoms with van der Waals surface area (Å²) in [5, 5.41) is 12.8. The average Bonchev–Trinajstić information content (AvgIpc) is 3.00. The van der Waals surface area contributed by atoms with E-state index in [1.807, 2.05) is 0 Å². The number of allylic oxidation sites excluding steroid dienone is 2. The molecule has 4 saturated carbocycles. The van der Waals surface area contributed by atoms with Crippen LogP contribution in [-0.4, -0.2) is 65.9 Å². The summed E-state index contributed by atoms with van der Waals surface area (Å²) >= 11 is 0. The van der Waals surface area contributed by atoms with E-state index in [4.69, 9.17) is 18.9 Å². The highest BCUT2D eigenvalue weighted by molar-refractivity contribution is 5.85. The fourth-order valence-corrected chi connectivity index (χ4v) is 13.0. The van der Waals surface area contributed by atoms with Gasteiger partial charge in [0.1, 0.15) is 11.9 Å². The van der Waals surface area contributed by atoms with Gasteiger partial charge in [-0.2, -0.15) is 0 Å². The first-order chi connectivity index (χ1) is 23.1. The zero-order valence-corrected chi connectivity index (χ0v) is 32.2. The molecule has 280 valence electrons. The van der Waals surface area contributed by atoms with E-state index in [-0.39, 0.29) is 39.6 Å². The molecule has 5 fully saturated rings. The van der Waals surface area contributed by atoms with Crippen molar-refractivity contribution in [2.24, 2.45) is 50.2 Å². The molecule has 0 spiro atoms. The van der Waals surface area contributed by atoms with Gasteiger partial charge in [0.25, 0.3) is 0 Å². The van der Waals surface area contributed by atoms with E-state index in [0.29, 0.717) is 24.0 Å². The van der Waals surface area contributed by atoms with Crippen molar-refractivity contribution in [2.45, 2.75) is 164 Å². The Hall–Kier alpha value is -2.26. The molecule has 9 nitrogen and oxygen atoms in total. The molecule has 9 heteroatoms. The van der Waals surface area contributed by atoms with Gasteiger partial charge in [-0.25, -0.2) is 0 Å². The van der Waals surface area contributed by atoms with Crippen molar-refractivity contribution in [3.63, 3.8) is 0 Å². The third kappa shape index (κ3) is 5.61. The largest absolute Gasteiger partial charge is 0.456 e. The van der Waals surface area contributed by atoms with Gasteiger partial charge >= 0.3 is 17.9 Å². The smallest absolute Gasteiger partial charge is 0.303 e. The second kappa shape index (κ2) is 12.4. The van der Waals surface area contributed by atoms with Gasteiger partial charge in [-0.3, -0.25) is 19.2 Å². The van der Waals surface area contributed by atoms with E-state index in [2.05, 4.69) is 54.5 Å². The van der Waals surface area contributed by atoms with Gasteiger partial charge in [0.2, 0.25) is 0 Å². The first-order valence-electron chi connectivity index (χ1n) is 19.2. The molecule has 1 heterocycles. The first kappa shape index (κ1) is 37.5. The van der Waals surface area contributed by atoms with Crippen LogP contribution in [0.5, 0.6) is 0 Å². The zero-order chi connectivity index (χ0) is 36.8. The molecule has 1 N–H and O–H groups in total. The van der Waals surface area contributed by atoms with E-state index >= 15 is 0 Å². The third-order valence-electron chi connectivity index (χ3n) is 15.7. The molecule has 6 rings (SSSR count). The molecule has 0 aromatic carbocycles. The van der Waals surface area contributed by atoms with Crippen LogP contribution in [0.3, 0.4) is 0 Å². The lowest BCUT2D eigenvalue weighted by atomic mass is 9.33. The van der Waals surface area contributed by atoms with Crippen molar-refractivity contribution in [1.29, 1.82) is 0 Å². The molecule has 1 aliphatic heterocycles. The summed E-state index contributed by atoms with van der Waals surface area (Å²) in [4.78, 5) is 50.1. The predicted molar refractivity (Wildman–Crippen MR) is 186 cm³/mol. The Kier molecular flexibility index (Phi) is 9.31. The molecular weight excluding hydrogens is 636 g/mol. The number of hydrogen-bond acceptors (Lipinski definition) is 9. The van der Waals surface area contributed by atoms with E-state index in [1.165, 1.54) is 26.3 Å². The molecule has 6 aliphatic rings. The lowest BCUT2D eigenvalue weighted by Gasteiger charge is -2.71. The Bertz CT molecular complexity index is 1450. The number of fused-ring (bicyclic) bond motifs is 7. The Labute approximate surface area is 299 Å². The van der Waals surface area contributed by atoms with Crippen molar-refractivity contribution >= 4 is 23.7 Å². The minimum absolute atomic E-state index is 0.0385. The molecule has 5 aliphatic carbocycles. The Balaban J connectivity index is 1.40. The minimum Gasteiger partial charge on any atom is -0.456 e. The number of aliphatic hydroxyl groups is 1. The van der Waals surface area contributed by atoms with E-state index in [1.54, 1.807) is 0 Å². The summed E-state index contributed by atoms with van der Waals surface area (Å²) in [5.41, 5.74) is 0.685. The lowest BCUT2D eigenvalue weighted by molar-refractivity contribution is -0.258. The van der Waals surface area contributed by atoms with Crippen LogP contribution in [0.1, 0.15) is 133 Å². The van der Waals surface area contributed by atoms with Crippen LogP contribution in [0, 0.1) is 50.2 Å². The summed E-state index contributed by atoms with van der Waals surface area (Å²) in [6.45, 7) is 20.2. The summed E-state index contributed by atoms with van der Waals surface area (Å²) < 4.78 is 23.4. The monoisotopic (exact) mass is 698 g/mol. The van der Waals surface area contributed by atoms with Gasteiger partial charge in [-0.15, -0.1) is 0 Å². The molecule has 0 amide bonds. The quantitative estimate of drug-likeness (QED) is 0.185. The lowest BCUT2D eigenvalue weighted by Crippen LogP contribution is -2.67. The van der Waals surface area contributed by atoms with Crippen LogP contribution in [0.2, 0.25) is 0 Å². The van der Waals surface area contributed by atoms with Crippen molar-refractivity contribution in [2.75, 3.05) is 6.61 Å². The van der Waals surface area contributed by atoms with Crippen LogP contribution in [-0.2, 0) is 38.1 Å². The number of aliphatic hydroxyl groups excluding tert-OH is 1.